The van der Waals surface area contributed by atoms with Gasteiger partial charge in [0.2, 0.25) is 5.91 Å². The second-order valence-corrected chi connectivity index (χ2v) is 9.34. The number of nitrogens with one attached hydrogen (secondary N) is 1. The number of ketones is 1. The molecular weight excluding hydrogens is 358 g/mol. The Hall–Kier alpha value is -2.68. The summed E-state index contributed by atoms with van der Waals surface area (Å²) < 4.78 is 0. The third-order valence-electron chi connectivity index (χ3n) is 7.17. The average molecular weight is 386 g/mol. The van der Waals surface area contributed by atoms with Gasteiger partial charge in [0, 0.05) is 11.3 Å². The second kappa shape index (κ2) is 7.29. The Bertz CT molecular complexity index is 907. The fraction of sp³-hybridized carbons (Fsp3) is 0.385. The van der Waals surface area contributed by atoms with E-state index >= 15 is 0 Å². The second-order valence-electron chi connectivity index (χ2n) is 9.34. The van der Waals surface area contributed by atoms with Crippen molar-refractivity contribution in [3.05, 3.63) is 71.8 Å². The number of rotatable bonds is 5. The molecule has 29 heavy (non-hydrogen) atoms. The number of anilines is 1. The van der Waals surface area contributed by atoms with Crippen LogP contribution in [0.2, 0.25) is 0 Å². The van der Waals surface area contributed by atoms with Gasteiger partial charge >= 0.3 is 0 Å². The zero-order chi connectivity index (χ0) is 19.8. The van der Waals surface area contributed by atoms with Gasteiger partial charge in [0.15, 0.2) is 5.78 Å². The van der Waals surface area contributed by atoms with E-state index in [1.54, 1.807) is 18.2 Å². The molecule has 3 heteroatoms. The molecule has 1 N–H and O–H groups in total. The van der Waals surface area contributed by atoms with Crippen LogP contribution in [0.4, 0.5) is 5.69 Å². The van der Waals surface area contributed by atoms with Crippen LogP contribution < -0.4 is 5.32 Å². The molecule has 1 amide bonds. The molecular formula is C26H27NO2. The van der Waals surface area contributed by atoms with Gasteiger partial charge in [0.05, 0.1) is 5.41 Å². The standard InChI is InChI=1S/C26H27NO2/c28-24(11-6-18-4-2-1-3-5-18)22-7-9-23(10-8-22)27-25(29)26-15-19-12-20(16-26)14-21(13-19)17-26/h1-11,19-21H,12-17H2,(H,27,29)/b11-6+. The molecule has 0 aliphatic heterocycles. The van der Waals surface area contributed by atoms with Crippen LogP contribution >= 0.6 is 0 Å². The molecule has 4 aliphatic carbocycles. The fourth-order valence-electron chi connectivity index (χ4n) is 6.20. The maximum Gasteiger partial charge on any atom is 0.230 e. The summed E-state index contributed by atoms with van der Waals surface area (Å²) in [6.07, 6.45) is 10.6. The van der Waals surface area contributed by atoms with Crippen LogP contribution in [0.3, 0.4) is 0 Å². The predicted molar refractivity (Wildman–Crippen MR) is 115 cm³/mol. The lowest BCUT2D eigenvalue weighted by Gasteiger charge is -2.55. The van der Waals surface area contributed by atoms with Crippen LogP contribution in [0.15, 0.2) is 60.7 Å². The molecule has 2 aromatic carbocycles. The van der Waals surface area contributed by atoms with Crippen molar-refractivity contribution in [3.63, 3.8) is 0 Å². The Kier molecular flexibility index (Phi) is 4.61. The van der Waals surface area contributed by atoms with Gasteiger partial charge in [-0.3, -0.25) is 9.59 Å². The number of carbonyl (C=O) groups excluding carboxylic acids is 2. The minimum atomic E-state index is -0.151. The van der Waals surface area contributed by atoms with E-state index in [4.69, 9.17) is 0 Å². The SMILES string of the molecule is O=C(/C=C/c1ccccc1)c1ccc(NC(=O)C23CC4CC(CC(C4)C2)C3)cc1. The summed E-state index contributed by atoms with van der Waals surface area (Å²) in [5.41, 5.74) is 2.27. The lowest BCUT2D eigenvalue weighted by atomic mass is 9.49. The summed E-state index contributed by atoms with van der Waals surface area (Å²) >= 11 is 0. The van der Waals surface area contributed by atoms with Gasteiger partial charge in [0.1, 0.15) is 0 Å². The van der Waals surface area contributed by atoms with Gasteiger partial charge in [0.25, 0.3) is 0 Å². The Morgan fingerprint density at radius 2 is 1.41 bits per heavy atom. The van der Waals surface area contributed by atoms with E-state index in [2.05, 4.69) is 5.32 Å². The minimum absolute atomic E-state index is 0.0344. The van der Waals surface area contributed by atoms with Gasteiger partial charge < -0.3 is 5.32 Å². The smallest absolute Gasteiger partial charge is 0.230 e. The first-order valence-corrected chi connectivity index (χ1v) is 10.8. The van der Waals surface area contributed by atoms with Crippen molar-refractivity contribution >= 4 is 23.5 Å². The first-order chi connectivity index (χ1) is 14.1. The normalized spacial score (nSPS) is 29.9. The molecule has 2 aromatic rings. The van der Waals surface area contributed by atoms with E-state index in [0.29, 0.717) is 5.56 Å². The molecule has 6 rings (SSSR count). The summed E-state index contributed by atoms with van der Waals surface area (Å²) in [5.74, 6) is 2.42. The van der Waals surface area contributed by atoms with Crippen molar-refractivity contribution in [2.75, 3.05) is 5.32 Å². The molecule has 0 atom stereocenters. The first-order valence-electron chi connectivity index (χ1n) is 10.8. The number of amides is 1. The maximum absolute atomic E-state index is 13.2. The summed E-state index contributed by atoms with van der Waals surface area (Å²) in [4.78, 5) is 25.6. The summed E-state index contributed by atoms with van der Waals surface area (Å²) in [5, 5.41) is 3.15. The lowest BCUT2D eigenvalue weighted by molar-refractivity contribution is -0.140. The van der Waals surface area contributed by atoms with Crippen LogP contribution in [0, 0.1) is 23.2 Å². The number of hydrogen-bond donors (Lipinski definition) is 1. The lowest BCUT2D eigenvalue weighted by Crippen LogP contribution is -2.51. The van der Waals surface area contributed by atoms with Crippen molar-refractivity contribution in [1.29, 1.82) is 0 Å². The van der Waals surface area contributed by atoms with Gasteiger partial charge in [-0.2, -0.15) is 0 Å². The minimum Gasteiger partial charge on any atom is -0.326 e. The Morgan fingerprint density at radius 3 is 2.00 bits per heavy atom. The predicted octanol–water partition coefficient (Wildman–Crippen LogP) is 5.74. The van der Waals surface area contributed by atoms with Gasteiger partial charge in [-0.25, -0.2) is 0 Å². The third kappa shape index (κ3) is 3.66. The Balaban J connectivity index is 1.24. The van der Waals surface area contributed by atoms with Crippen molar-refractivity contribution in [2.24, 2.45) is 23.2 Å². The summed E-state index contributed by atoms with van der Waals surface area (Å²) in [6, 6.07) is 17.1. The molecule has 3 nitrogen and oxygen atoms in total. The highest BCUT2D eigenvalue weighted by molar-refractivity contribution is 6.07. The van der Waals surface area contributed by atoms with E-state index in [1.165, 1.54) is 19.3 Å². The van der Waals surface area contributed by atoms with Crippen LogP contribution in [0.25, 0.3) is 6.08 Å². The van der Waals surface area contributed by atoms with Gasteiger partial charge in [-0.15, -0.1) is 0 Å². The maximum atomic E-state index is 13.2. The van der Waals surface area contributed by atoms with Crippen LogP contribution in [-0.4, -0.2) is 11.7 Å². The highest BCUT2D eigenvalue weighted by atomic mass is 16.2. The third-order valence-corrected chi connectivity index (χ3v) is 7.17. The summed E-state index contributed by atoms with van der Waals surface area (Å²) in [6.45, 7) is 0. The van der Waals surface area contributed by atoms with Crippen molar-refractivity contribution < 1.29 is 9.59 Å². The number of carbonyl (C=O) groups is 2. The number of benzene rings is 2. The van der Waals surface area contributed by atoms with Gasteiger partial charge in [-0.05, 0) is 92.2 Å². The fourth-order valence-corrected chi connectivity index (χ4v) is 6.20. The van der Waals surface area contributed by atoms with E-state index in [0.717, 1.165) is 48.3 Å². The molecule has 0 radical (unpaired) electrons. The Labute approximate surface area is 172 Å². The van der Waals surface area contributed by atoms with Crippen molar-refractivity contribution in [2.45, 2.75) is 38.5 Å². The van der Waals surface area contributed by atoms with E-state index < -0.39 is 0 Å². The van der Waals surface area contributed by atoms with Crippen LogP contribution in [0.1, 0.15) is 54.4 Å². The van der Waals surface area contributed by atoms with Crippen molar-refractivity contribution in [3.8, 4) is 0 Å². The molecule has 148 valence electrons. The quantitative estimate of drug-likeness (QED) is 0.527. The van der Waals surface area contributed by atoms with Crippen LogP contribution in [0.5, 0.6) is 0 Å². The topological polar surface area (TPSA) is 46.2 Å². The molecule has 0 unspecified atom stereocenters. The molecule has 0 heterocycles. The number of allylic oxidation sites excluding steroid dienone is 1. The van der Waals surface area contributed by atoms with E-state index in [1.807, 2.05) is 48.5 Å². The zero-order valence-corrected chi connectivity index (χ0v) is 16.6. The monoisotopic (exact) mass is 385 g/mol. The molecule has 4 saturated carbocycles. The molecule has 4 bridgehead atoms. The highest BCUT2D eigenvalue weighted by Gasteiger charge is 2.54. The molecule has 0 aromatic heterocycles. The van der Waals surface area contributed by atoms with Crippen molar-refractivity contribution in [1.82, 2.24) is 0 Å². The molecule has 4 aliphatic rings. The summed E-state index contributed by atoms with van der Waals surface area (Å²) in [7, 11) is 0. The van der Waals surface area contributed by atoms with E-state index in [9.17, 15) is 9.59 Å². The Morgan fingerprint density at radius 1 is 0.828 bits per heavy atom. The first kappa shape index (κ1) is 18.4. The number of hydrogen-bond acceptors (Lipinski definition) is 2. The van der Waals surface area contributed by atoms with E-state index in [-0.39, 0.29) is 17.1 Å². The highest BCUT2D eigenvalue weighted by Crippen LogP contribution is 2.60. The van der Waals surface area contributed by atoms with Gasteiger partial charge in [-0.1, -0.05) is 36.4 Å². The average Bonchev–Trinajstić information content (AvgIpc) is 2.72. The molecule has 0 spiro atoms. The van der Waals surface area contributed by atoms with Crippen LogP contribution in [-0.2, 0) is 4.79 Å². The largest absolute Gasteiger partial charge is 0.326 e. The molecule has 4 fully saturated rings. The molecule has 0 saturated heterocycles. The zero-order valence-electron chi connectivity index (χ0n) is 16.6.